The fourth-order valence-electron chi connectivity index (χ4n) is 2.28. The Morgan fingerprint density at radius 1 is 1.17 bits per heavy atom. The lowest BCUT2D eigenvalue weighted by molar-refractivity contribution is -0.144. The molecular weight excluding hydrogens is 308 g/mol. The van der Waals surface area contributed by atoms with E-state index in [2.05, 4.69) is 10.3 Å². The molecule has 0 saturated carbocycles. The summed E-state index contributed by atoms with van der Waals surface area (Å²) in [7, 11) is 0. The predicted octanol–water partition coefficient (Wildman–Crippen LogP) is 2.18. The number of benzene rings is 1. The molecule has 0 radical (unpaired) electrons. The number of aryl methyl sites for hydroxylation is 2. The molecule has 0 aliphatic carbocycles. The Labute approximate surface area is 140 Å². The minimum Gasteiger partial charge on any atom is -0.456 e. The lowest BCUT2D eigenvalue weighted by atomic mass is 10.1. The van der Waals surface area contributed by atoms with Gasteiger partial charge in [-0.2, -0.15) is 0 Å². The molecule has 0 unspecified atom stereocenters. The predicted molar refractivity (Wildman–Crippen MR) is 88.9 cm³/mol. The molecule has 2 N–H and O–H groups in total. The summed E-state index contributed by atoms with van der Waals surface area (Å²) in [4.78, 5) is 39.0. The number of nitrogens with one attached hydrogen (secondary N) is 2. The first-order valence-corrected chi connectivity index (χ1v) is 7.60. The first-order valence-electron chi connectivity index (χ1n) is 7.60. The highest BCUT2D eigenvalue weighted by Crippen LogP contribution is 2.10. The summed E-state index contributed by atoms with van der Waals surface area (Å²) in [6, 6.07) is 9.42. The van der Waals surface area contributed by atoms with Crippen molar-refractivity contribution in [1.29, 1.82) is 0 Å². The molecule has 0 bridgehead atoms. The van der Waals surface area contributed by atoms with Crippen LogP contribution < -0.4 is 5.32 Å². The van der Waals surface area contributed by atoms with Crippen LogP contribution in [0, 0.1) is 13.8 Å². The zero-order valence-electron chi connectivity index (χ0n) is 13.9. The Morgan fingerprint density at radius 2 is 1.83 bits per heavy atom. The number of hydrogen-bond donors (Lipinski definition) is 2. The zero-order chi connectivity index (χ0) is 17.7. The summed E-state index contributed by atoms with van der Waals surface area (Å²) in [6.07, 6.45) is 0. The zero-order valence-corrected chi connectivity index (χ0v) is 13.9. The van der Waals surface area contributed by atoms with Gasteiger partial charge >= 0.3 is 5.97 Å². The largest absolute Gasteiger partial charge is 0.456 e. The van der Waals surface area contributed by atoms with Crippen LogP contribution >= 0.6 is 0 Å². The molecule has 126 valence electrons. The Hall–Kier alpha value is -2.89. The number of H-pyrrole nitrogens is 1. The molecule has 0 aliphatic rings. The molecule has 6 nitrogen and oxygen atoms in total. The van der Waals surface area contributed by atoms with E-state index in [-0.39, 0.29) is 18.3 Å². The van der Waals surface area contributed by atoms with Gasteiger partial charge < -0.3 is 15.0 Å². The fraction of sp³-hybridized carbons (Fsp3) is 0.278. The molecule has 0 aliphatic heterocycles. The molecule has 1 heterocycles. The van der Waals surface area contributed by atoms with E-state index in [9.17, 15) is 14.4 Å². The van der Waals surface area contributed by atoms with E-state index >= 15 is 0 Å². The van der Waals surface area contributed by atoms with Gasteiger partial charge in [0, 0.05) is 22.5 Å². The smallest absolute Gasteiger partial charge is 0.328 e. The van der Waals surface area contributed by atoms with Gasteiger partial charge in [0.05, 0.1) is 0 Å². The van der Waals surface area contributed by atoms with Crippen LogP contribution in [0.3, 0.4) is 0 Å². The number of aromatic nitrogens is 1. The maximum absolute atomic E-state index is 12.1. The highest BCUT2D eigenvalue weighted by Gasteiger charge is 2.20. The van der Waals surface area contributed by atoms with E-state index in [1.165, 1.54) is 6.92 Å². The van der Waals surface area contributed by atoms with Crippen LogP contribution in [0.1, 0.15) is 39.0 Å². The number of ether oxygens (including phenoxy) is 1. The molecule has 2 aromatic rings. The number of hydrogen-bond acceptors (Lipinski definition) is 4. The molecule has 1 aromatic heterocycles. The number of rotatable bonds is 6. The molecule has 2 rings (SSSR count). The quantitative estimate of drug-likeness (QED) is 0.628. The molecule has 0 saturated heterocycles. The summed E-state index contributed by atoms with van der Waals surface area (Å²) in [5.41, 5.74) is 2.55. The average Bonchev–Trinajstić information content (AvgIpc) is 2.91. The topological polar surface area (TPSA) is 88.3 Å². The van der Waals surface area contributed by atoms with Gasteiger partial charge in [0.2, 0.25) is 5.78 Å². The van der Waals surface area contributed by atoms with E-state index in [1.54, 1.807) is 43.3 Å². The van der Waals surface area contributed by atoms with E-state index in [1.807, 2.05) is 6.92 Å². The second kappa shape index (κ2) is 7.59. The van der Waals surface area contributed by atoms with Crippen LogP contribution in [0.2, 0.25) is 0 Å². The average molecular weight is 328 g/mol. The van der Waals surface area contributed by atoms with Gasteiger partial charge in [-0.3, -0.25) is 9.59 Å². The second-order valence-corrected chi connectivity index (χ2v) is 5.58. The molecule has 0 fully saturated rings. The molecule has 1 aromatic carbocycles. The number of carbonyl (C=O) groups is 3. The van der Waals surface area contributed by atoms with Gasteiger partial charge in [-0.05, 0) is 39.0 Å². The van der Waals surface area contributed by atoms with Crippen LogP contribution in [0.25, 0.3) is 0 Å². The van der Waals surface area contributed by atoms with Crippen molar-refractivity contribution >= 4 is 17.7 Å². The second-order valence-electron chi connectivity index (χ2n) is 5.58. The summed E-state index contributed by atoms with van der Waals surface area (Å²) in [6.45, 7) is 4.78. The van der Waals surface area contributed by atoms with E-state index < -0.39 is 12.0 Å². The minimum absolute atomic E-state index is 0.285. The first kappa shape index (κ1) is 17.5. The maximum Gasteiger partial charge on any atom is 0.328 e. The van der Waals surface area contributed by atoms with Crippen LogP contribution in [0.15, 0.2) is 36.4 Å². The number of ketones is 1. The molecule has 24 heavy (non-hydrogen) atoms. The molecule has 0 spiro atoms. The lowest BCUT2D eigenvalue weighted by Gasteiger charge is -2.13. The Bertz CT molecular complexity index is 750. The van der Waals surface area contributed by atoms with E-state index in [0.717, 1.165) is 11.4 Å². The van der Waals surface area contributed by atoms with E-state index in [4.69, 9.17) is 4.74 Å². The van der Waals surface area contributed by atoms with Crippen LogP contribution in [-0.2, 0) is 9.53 Å². The Kier molecular flexibility index (Phi) is 5.52. The van der Waals surface area contributed by atoms with Crippen molar-refractivity contribution in [3.8, 4) is 0 Å². The van der Waals surface area contributed by atoms with Crippen LogP contribution in [-0.4, -0.2) is 35.3 Å². The summed E-state index contributed by atoms with van der Waals surface area (Å²) in [5, 5.41) is 2.54. The van der Waals surface area contributed by atoms with Crippen LogP contribution in [0.5, 0.6) is 0 Å². The van der Waals surface area contributed by atoms with Gasteiger partial charge in [0.1, 0.15) is 6.04 Å². The third-order valence-corrected chi connectivity index (χ3v) is 3.53. The lowest BCUT2D eigenvalue weighted by Crippen LogP contribution is -2.40. The molecule has 6 heteroatoms. The van der Waals surface area contributed by atoms with Crippen LogP contribution in [0.4, 0.5) is 0 Å². The van der Waals surface area contributed by atoms with Gasteiger partial charge in [-0.15, -0.1) is 0 Å². The normalized spacial score (nSPS) is 11.6. The van der Waals surface area contributed by atoms with Gasteiger partial charge in [0.25, 0.3) is 5.91 Å². The van der Waals surface area contributed by atoms with Crippen molar-refractivity contribution in [2.75, 3.05) is 6.61 Å². The number of esters is 1. The van der Waals surface area contributed by atoms with Gasteiger partial charge in [0.15, 0.2) is 6.61 Å². The standard InChI is InChI=1S/C18H20N2O4/c1-11-9-15(12(2)19-11)16(21)10-24-18(23)13(3)20-17(22)14-7-5-4-6-8-14/h4-9,13,19H,10H2,1-3H3,(H,20,22)/t13-/m0/s1. The fourth-order valence-corrected chi connectivity index (χ4v) is 2.28. The summed E-state index contributed by atoms with van der Waals surface area (Å²) < 4.78 is 5.00. The third kappa shape index (κ3) is 4.32. The molecular formula is C18H20N2O4. The number of aromatic amines is 1. The third-order valence-electron chi connectivity index (χ3n) is 3.53. The Morgan fingerprint density at radius 3 is 2.42 bits per heavy atom. The number of amides is 1. The van der Waals surface area contributed by atoms with Crippen molar-refractivity contribution in [3.63, 3.8) is 0 Å². The van der Waals surface area contributed by atoms with E-state index in [0.29, 0.717) is 11.1 Å². The number of carbonyl (C=O) groups excluding carboxylic acids is 3. The van der Waals surface area contributed by atoms with Crippen molar-refractivity contribution in [2.24, 2.45) is 0 Å². The highest BCUT2D eigenvalue weighted by atomic mass is 16.5. The monoisotopic (exact) mass is 328 g/mol. The summed E-state index contributed by atoms with van der Waals surface area (Å²) in [5.74, 6) is -1.31. The number of Topliss-reactive ketones (excluding diaryl/α,β-unsaturated/α-hetero) is 1. The summed E-state index contributed by atoms with van der Waals surface area (Å²) >= 11 is 0. The maximum atomic E-state index is 12.1. The van der Waals surface area contributed by atoms with Crippen molar-refractivity contribution < 1.29 is 19.1 Å². The first-order chi connectivity index (χ1) is 11.4. The van der Waals surface area contributed by atoms with Crippen molar-refractivity contribution in [3.05, 3.63) is 58.9 Å². The van der Waals surface area contributed by atoms with Gasteiger partial charge in [-0.1, -0.05) is 18.2 Å². The van der Waals surface area contributed by atoms with Crippen molar-refractivity contribution in [2.45, 2.75) is 26.8 Å². The molecule has 1 amide bonds. The highest BCUT2D eigenvalue weighted by molar-refractivity contribution is 6.00. The molecule has 1 atom stereocenters. The van der Waals surface area contributed by atoms with Crippen molar-refractivity contribution in [1.82, 2.24) is 10.3 Å². The minimum atomic E-state index is -0.848. The van der Waals surface area contributed by atoms with Gasteiger partial charge in [-0.25, -0.2) is 4.79 Å². The Balaban J connectivity index is 1.87. The SMILES string of the molecule is Cc1cc(C(=O)COC(=O)[C@H](C)NC(=O)c2ccccc2)c(C)[nH]1.